The quantitative estimate of drug-likeness (QED) is 0.202. The first-order chi connectivity index (χ1) is 27.7. The van der Waals surface area contributed by atoms with Gasteiger partial charge in [-0.05, 0) is 149 Å². The number of benzene rings is 2. The molecule has 6 heterocycles. The van der Waals surface area contributed by atoms with Gasteiger partial charge in [-0.2, -0.15) is 0 Å². The second-order valence-electron chi connectivity index (χ2n) is 20.8. The fraction of sp³-hybridized carbons (Fsp3) is 0.692. The molecule has 11 atom stereocenters. The largest absolute Gasteiger partial charge is 0.344 e. The Hall–Kier alpha value is -2.56. The van der Waals surface area contributed by atoms with E-state index in [0.717, 1.165) is 59.9 Å². The van der Waals surface area contributed by atoms with Crippen LogP contribution in [-0.2, 0) is 0 Å². The molecule has 7 aliphatic rings. The Morgan fingerprint density at radius 1 is 0.429 bits per heavy atom. The zero-order valence-electron chi connectivity index (χ0n) is 34.8. The van der Waals surface area contributed by atoms with Crippen molar-refractivity contribution in [3.8, 4) is 0 Å². The smallest absolute Gasteiger partial charge is 0.0485 e. The van der Waals surface area contributed by atoms with Crippen LogP contribution in [0.15, 0.2) is 67.0 Å². The first-order valence-corrected chi connectivity index (χ1v) is 24.4. The molecule has 7 fully saturated rings. The lowest BCUT2D eigenvalue weighted by Gasteiger charge is -2.57. The summed E-state index contributed by atoms with van der Waals surface area (Å²) in [6, 6.07) is 27.6. The van der Waals surface area contributed by atoms with E-state index in [1.165, 1.54) is 159 Å². The third-order valence-electron chi connectivity index (χ3n) is 17.8. The topological polar surface area (TPSA) is 16.3 Å². The predicted octanol–water partition coefficient (Wildman–Crippen LogP) is 13.2. The summed E-state index contributed by atoms with van der Waals surface area (Å²) in [5.41, 5.74) is 4.72. The van der Waals surface area contributed by atoms with Crippen LogP contribution in [0.25, 0.3) is 21.8 Å². The van der Waals surface area contributed by atoms with Crippen molar-refractivity contribution in [2.75, 3.05) is 0 Å². The number of rotatable bonds is 5. The van der Waals surface area contributed by atoms with Crippen molar-refractivity contribution in [3.63, 3.8) is 0 Å². The molecule has 56 heavy (non-hydrogen) atoms. The van der Waals surface area contributed by atoms with Crippen molar-refractivity contribution >= 4 is 21.8 Å². The van der Waals surface area contributed by atoms with E-state index < -0.39 is 0 Å². The summed E-state index contributed by atoms with van der Waals surface area (Å²) in [5.74, 6) is 3.26. The average molecular weight is 753 g/mol. The second kappa shape index (κ2) is 15.6. The average Bonchev–Trinajstić information content (AvgIpc) is 3.85. The van der Waals surface area contributed by atoms with Crippen LogP contribution < -0.4 is 0 Å². The van der Waals surface area contributed by atoms with Crippen LogP contribution in [0.5, 0.6) is 0 Å². The highest BCUT2D eigenvalue weighted by Gasteiger charge is 2.49. The lowest BCUT2D eigenvalue weighted by molar-refractivity contribution is -0.0534. The number of fused-ring (bicyclic) bond motifs is 8. The van der Waals surface area contributed by atoms with E-state index in [1.54, 1.807) is 16.5 Å². The Kier molecular flexibility index (Phi) is 10.1. The molecule has 2 aromatic heterocycles. The Labute approximate surface area is 338 Å². The first-order valence-electron chi connectivity index (χ1n) is 24.4. The molecule has 0 radical (unpaired) electrons. The number of aromatic nitrogens is 2. The molecule has 4 nitrogen and oxygen atoms in total. The highest BCUT2D eigenvalue weighted by atomic mass is 15.3. The molecule has 1 unspecified atom stereocenters. The maximum atomic E-state index is 3.16. The molecule has 4 saturated heterocycles. The molecule has 2 aromatic carbocycles. The number of hydrogen-bond acceptors (Lipinski definition) is 2. The number of nitrogens with zero attached hydrogens (tertiary/aromatic N) is 4. The number of para-hydroxylation sites is 1. The zero-order valence-corrected chi connectivity index (χ0v) is 34.8. The Balaban J connectivity index is 0.821. The Bertz CT molecular complexity index is 1920. The van der Waals surface area contributed by atoms with Crippen LogP contribution in [0.3, 0.4) is 0 Å². The van der Waals surface area contributed by atoms with Crippen LogP contribution in [0.1, 0.15) is 178 Å². The van der Waals surface area contributed by atoms with Crippen molar-refractivity contribution in [2.24, 2.45) is 17.8 Å². The lowest BCUT2D eigenvalue weighted by Crippen LogP contribution is -2.59. The lowest BCUT2D eigenvalue weighted by atomic mass is 9.60. The van der Waals surface area contributed by atoms with Crippen LogP contribution in [-0.4, -0.2) is 55.2 Å². The fourth-order valence-electron chi connectivity index (χ4n) is 15.4. The van der Waals surface area contributed by atoms with Gasteiger partial charge in [-0.25, -0.2) is 0 Å². The van der Waals surface area contributed by atoms with Crippen molar-refractivity contribution in [1.82, 2.24) is 18.9 Å². The van der Waals surface area contributed by atoms with Gasteiger partial charge in [0.2, 0.25) is 0 Å². The molecule has 0 N–H and O–H groups in total. The standard InChI is InChI=1S/C52H72N4/c1-36-24-25-43-34-45(35-51(36)56(43)40-17-7-5-3-2-4-6-8-18-40)54-29-27-47-48(21-13-23-50(47)54)52-38-15-11-16-39(52)31-46(30-38)55-41-19-12-20-42(55)33-44(32-41)53-28-26-37-14-9-10-22-49(37)53/h9-10,13-14,21-23,26-29,36,38-46,51-52H,2-8,11-12,15-20,24-25,30-35H2,1H3/t36-,38-,39+,41-,42+,43+,44+,45-,46-,51+,52?/m1/s1. The monoisotopic (exact) mass is 753 g/mol. The highest BCUT2D eigenvalue weighted by molar-refractivity contribution is 5.84. The normalized spacial score (nSPS) is 37.8. The highest BCUT2D eigenvalue weighted by Crippen LogP contribution is 2.55. The summed E-state index contributed by atoms with van der Waals surface area (Å²) in [7, 11) is 0. The van der Waals surface area contributed by atoms with E-state index in [1.807, 2.05) is 0 Å². The molecule has 4 heteroatoms. The summed E-state index contributed by atoms with van der Waals surface area (Å²) >= 11 is 0. The van der Waals surface area contributed by atoms with Gasteiger partial charge in [0.25, 0.3) is 0 Å². The minimum Gasteiger partial charge on any atom is -0.344 e. The molecule has 3 saturated carbocycles. The Morgan fingerprint density at radius 2 is 1.04 bits per heavy atom. The van der Waals surface area contributed by atoms with E-state index in [2.05, 4.69) is 92.8 Å². The molecular weight excluding hydrogens is 681 g/mol. The fourth-order valence-corrected chi connectivity index (χ4v) is 15.4. The molecule has 3 aliphatic carbocycles. The van der Waals surface area contributed by atoms with Gasteiger partial charge < -0.3 is 9.13 Å². The van der Waals surface area contributed by atoms with Gasteiger partial charge >= 0.3 is 0 Å². The molecule has 0 spiro atoms. The van der Waals surface area contributed by atoms with Gasteiger partial charge in [-0.3, -0.25) is 9.80 Å². The van der Waals surface area contributed by atoms with Gasteiger partial charge in [-0.1, -0.05) is 95.0 Å². The maximum absolute atomic E-state index is 3.16. The second-order valence-corrected chi connectivity index (χ2v) is 20.8. The van der Waals surface area contributed by atoms with Crippen LogP contribution >= 0.6 is 0 Å². The van der Waals surface area contributed by atoms with Crippen molar-refractivity contribution in [1.29, 1.82) is 0 Å². The summed E-state index contributed by atoms with van der Waals surface area (Å²) < 4.78 is 5.47. The van der Waals surface area contributed by atoms with E-state index in [0.29, 0.717) is 12.1 Å². The third-order valence-corrected chi connectivity index (χ3v) is 17.8. The van der Waals surface area contributed by atoms with Gasteiger partial charge in [0.05, 0.1) is 0 Å². The third kappa shape index (κ3) is 6.54. The summed E-state index contributed by atoms with van der Waals surface area (Å²) in [4.78, 5) is 6.32. The molecule has 4 aliphatic heterocycles. The van der Waals surface area contributed by atoms with E-state index in [9.17, 15) is 0 Å². The summed E-state index contributed by atoms with van der Waals surface area (Å²) in [6.45, 7) is 2.61. The molecule has 4 aromatic rings. The first kappa shape index (κ1) is 36.5. The molecule has 300 valence electrons. The summed E-state index contributed by atoms with van der Waals surface area (Å²) in [6.07, 6.45) is 37.9. The van der Waals surface area contributed by atoms with Crippen LogP contribution in [0.2, 0.25) is 0 Å². The van der Waals surface area contributed by atoms with Gasteiger partial charge in [0.1, 0.15) is 0 Å². The van der Waals surface area contributed by atoms with Crippen molar-refractivity contribution in [3.05, 3.63) is 72.6 Å². The minimum absolute atomic E-state index is 0.651. The van der Waals surface area contributed by atoms with Crippen molar-refractivity contribution in [2.45, 2.75) is 209 Å². The predicted molar refractivity (Wildman–Crippen MR) is 233 cm³/mol. The van der Waals surface area contributed by atoms with E-state index >= 15 is 0 Å². The maximum Gasteiger partial charge on any atom is 0.0485 e. The van der Waals surface area contributed by atoms with E-state index in [4.69, 9.17) is 0 Å². The molecule has 11 rings (SSSR count). The Morgan fingerprint density at radius 3 is 1.80 bits per heavy atom. The zero-order chi connectivity index (χ0) is 37.2. The van der Waals surface area contributed by atoms with Crippen molar-refractivity contribution < 1.29 is 0 Å². The van der Waals surface area contributed by atoms with Crippen LogP contribution in [0, 0.1) is 17.8 Å². The SMILES string of the molecule is C[C@@H]1CC[C@H]2C[C@@H](n3ccc4c(C5[C@@H]6CCC[C@H]5C[C@H](N5[C@@H]7CCC[C@H]5C[C@@H](n5ccc8ccccc85)C7)C6)cccc43)C[C@@H]1N2C1CCCCCCCCC1. The van der Waals surface area contributed by atoms with E-state index in [-0.39, 0.29) is 0 Å². The van der Waals surface area contributed by atoms with Gasteiger partial charge in [-0.15, -0.1) is 0 Å². The molecule has 0 amide bonds. The van der Waals surface area contributed by atoms with Gasteiger partial charge in [0.15, 0.2) is 0 Å². The minimum atomic E-state index is 0.651. The molecule has 6 bridgehead atoms. The van der Waals surface area contributed by atoms with Gasteiger partial charge in [0, 0.05) is 77.1 Å². The number of piperidine rings is 4. The summed E-state index contributed by atoms with van der Waals surface area (Å²) in [5, 5.41) is 3.02. The van der Waals surface area contributed by atoms with Crippen LogP contribution in [0.4, 0.5) is 0 Å². The molecular formula is C52H72N4. The number of hydrogen-bond donors (Lipinski definition) is 0.